The van der Waals surface area contributed by atoms with Gasteiger partial charge in [-0.15, -0.1) is 11.3 Å². The first-order chi connectivity index (χ1) is 16.0. The van der Waals surface area contributed by atoms with Gasteiger partial charge in [0.2, 0.25) is 0 Å². The normalized spacial score (nSPS) is 11.1. The average Bonchev–Trinajstić information content (AvgIpc) is 3.46. The Morgan fingerprint density at radius 1 is 1.03 bits per heavy atom. The Labute approximate surface area is 192 Å². The molecule has 2 aromatic heterocycles. The van der Waals surface area contributed by atoms with E-state index in [4.69, 9.17) is 5.26 Å². The summed E-state index contributed by atoms with van der Waals surface area (Å²) in [7, 11) is 0. The molecule has 5 aromatic rings. The van der Waals surface area contributed by atoms with Gasteiger partial charge in [-0.05, 0) is 42.8 Å². The molecule has 0 bridgehead atoms. The topological polar surface area (TPSA) is 77.4 Å². The number of hydrogen-bond acceptors (Lipinski definition) is 5. The van der Waals surface area contributed by atoms with Crippen molar-refractivity contribution in [1.29, 1.82) is 5.26 Å². The zero-order valence-electron chi connectivity index (χ0n) is 17.4. The van der Waals surface area contributed by atoms with Crippen molar-refractivity contribution in [3.63, 3.8) is 0 Å². The van der Waals surface area contributed by atoms with Crippen LogP contribution in [0.5, 0.6) is 0 Å². The van der Waals surface area contributed by atoms with E-state index in [1.807, 2.05) is 42.6 Å². The summed E-state index contributed by atoms with van der Waals surface area (Å²) in [5.74, 6) is 0.540. The summed E-state index contributed by atoms with van der Waals surface area (Å²) in [5.41, 5.74) is 6.22. The Balaban J connectivity index is 1.44. The molecule has 0 saturated heterocycles. The highest BCUT2D eigenvalue weighted by Crippen LogP contribution is 2.32. The molecule has 33 heavy (non-hydrogen) atoms. The van der Waals surface area contributed by atoms with Crippen LogP contribution >= 0.6 is 11.3 Å². The zero-order chi connectivity index (χ0) is 22.9. The van der Waals surface area contributed by atoms with Gasteiger partial charge >= 0.3 is 0 Å². The van der Waals surface area contributed by atoms with E-state index in [0.717, 1.165) is 38.7 Å². The fourth-order valence-corrected chi connectivity index (χ4v) is 4.32. The van der Waals surface area contributed by atoms with Crippen molar-refractivity contribution >= 4 is 33.2 Å². The second-order valence-electron chi connectivity index (χ2n) is 7.55. The van der Waals surface area contributed by atoms with E-state index in [1.54, 1.807) is 18.2 Å². The van der Waals surface area contributed by atoms with E-state index < -0.39 is 6.43 Å². The SMILES string of the molecule is Cc1cc2[nH]c(-c3cccc(C(F)F)c3)nc2cc1Nc1nc(-c2cccc(C#N)c2)cs1. The van der Waals surface area contributed by atoms with Gasteiger partial charge in [0.15, 0.2) is 5.13 Å². The highest BCUT2D eigenvalue weighted by Gasteiger charge is 2.13. The van der Waals surface area contributed by atoms with Crippen LogP contribution in [-0.2, 0) is 0 Å². The van der Waals surface area contributed by atoms with Gasteiger partial charge in [0.25, 0.3) is 6.43 Å². The number of H-pyrrole nitrogens is 1. The van der Waals surface area contributed by atoms with Gasteiger partial charge in [-0.1, -0.05) is 30.3 Å². The van der Waals surface area contributed by atoms with Crippen molar-refractivity contribution in [2.75, 3.05) is 5.32 Å². The summed E-state index contributed by atoms with van der Waals surface area (Å²) in [6.07, 6.45) is -2.53. The van der Waals surface area contributed by atoms with Gasteiger partial charge in [-0.2, -0.15) is 5.26 Å². The third-order valence-electron chi connectivity index (χ3n) is 5.27. The number of benzene rings is 3. The molecule has 0 amide bonds. The first kappa shape index (κ1) is 20.8. The molecule has 0 unspecified atom stereocenters. The van der Waals surface area contributed by atoms with E-state index >= 15 is 0 Å². The van der Waals surface area contributed by atoms with Crippen LogP contribution in [-0.4, -0.2) is 15.0 Å². The van der Waals surface area contributed by atoms with E-state index in [2.05, 4.69) is 26.3 Å². The number of anilines is 2. The van der Waals surface area contributed by atoms with Gasteiger partial charge in [-0.3, -0.25) is 0 Å². The number of nitriles is 1. The van der Waals surface area contributed by atoms with Crippen molar-refractivity contribution in [2.45, 2.75) is 13.3 Å². The van der Waals surface area contributed by atoms with Crippen LogP contribution in [0, 0.1) is 18.3 Å². The predicted octanol–water partition coefficient (Wildman–Crippen LogP) is 7.21. The maximum atomic E-state index is 13.1. The molecular weight excluding hydrogens is 440 g/mol. The Kier molecular flexibility index (Phi) is 5.32. The number of rotatable bonds is 5. The van der Waals surface area contributed by atoms with Gasteiger partial charge in [-0.25, -0.2) is 18.7 Å². The van der Waals surface area contributed by atoms with Crippen LogP contribution in [0.2, 0.25) is 0 Å². The molecule has 5 rings (SSSR count). The number of hydrogen-bond donors (Lipinski definition) is 2. The first-order valence-corrected chi connectivity index (χ1v) is 11.0. The molecule has 2 N–H and O–H groups in total. The molecule has 3 aromatic carbocycles. The monoisotopic (exact) mass is 457 g/mol. The summed E-state index contributed by atoms with van der Waals surface area (Å²) >= 11 is 1.47. The van der Waals surface area contributed by atoms with E-state index in [1.165, 1.54) is 23.5 Å². The predicted molar refractivity (Wildman–Crippen MR) is 127 cm³/mol. The minimum absolute atomic E-state index is 0.0358. The quantitative estimate of drug-likeness (QED) is 0.292. The number of thiazole rings is 1. The minimum Gasteiger partial charge on any atom is -0.338 e. The van der Waals surface area contributed by atoms with Crippen LogP contribution in [0.4, 0.5) is 19.6 Å². The molecule has 0 aliphatic rings. The van der Waals surface area contributed by atoms with E-state index in [-0.39, 0.29) is 5.56 Å². The van der Waals surface area contributed by atoms with Crippen LogP contribution in [0.1, 0.15) is 23.1 Å². The standard InChI is InChI=1S/C25H17F2N5S/c1-14-8-20-21(30-24(29-20)18-7-3-6-17(10-18)23(26)27)11-19(14)31-25-32-22(13-33-25)16-5-2-4-15(9-16)12-28/h2-11,13,23H,1H3,(H,29,30)(H,31,32). The molecule has 0 fully saturated rings. The lowest BCUT2D eigenvalue weighted by Gasteiger charge is -2.06. The number of aromatic amines is 1. The van der Waals surface area contributed by atoms with Crippen LogP contribution < -0.4 is 5.32 Å². The lowest BCUT2D eigenvalue weighted by molar-refractivity contribution is 0.151. The van der Waals surface area contributed by atoms with Crippen molar-refractivity contribution < 1.29 is 8.78 Å². The molecular formula is C25H17F2N5S. The van der Waals surface area contributed by atoms with Crippen molar-refractivity contribution in [2.24, 2.45) is 0 Å². The lowest BCUT2D eigenvalue weighted by atomic mass is 10.1. The molecule has 0 radical (unpaired) electrons. The second-order valence-corrected chi connectivity index (χ2v) is 8.41. The summed E-state index contributed by atoms with van der Waals surface area (Å²) in [6.45, 7) is 1.98. The van der Waals surface area contributed by atoms with E-state index in [0.29, 0.717) is 17.0 Å². The third kappa shape index (κ3) is 4.19. The molecule has 0 aliphatic heterocycles. The molecule has 0 saturated carbocycles. The number of aromatic nitrogens is 3. The fraction of sp³-hybridized carbons (Fsp3) is 0.0800. The second kappa shape index (κ2) is 8.45. The van der Waals surface area contributed by atoms with Crippen LogP contribution in [0.25, 0.3) is 33.7 Å². The van der Waals surface area contributed by atoms with Crippen LogP contribution in [0.15, 0.2) is 66.0 Å². The Morgan fingerprint density at radius 3 is 2.67 bits per heavy atom. The molecule has 0 aliphatic carbocycles. The first-order valence-electron chi connectivity index (χ1n) is 10.1. The van der Waals surface area contributed by atoms with Crippen LogP contribution in [0.3, 0.4) is 0 Å². The fourth-order valence-electron chi connectivity index (χ4n) is 3.59. The number of nitrogens with zero attached hydrogens (tertiary/aromatic N) is 3. The van der Waals surface area contributed by atoms with Gasteiger partial charge in [0.1, 0.15) is 5.82 Å². The third-order valence-corrected chi connectivity index (χ3v) is 6.03. The zero-order valence-corrected chi connectivity index (χ0v) is 18.3. The number of imidazole rings is 1. The molecule has 162 valence electrons. The van der Waals surface area contributed by atoms with Gasteiger partial charge < -0.3 is 10.3 Å². The summed E-state index contributed by atoms with van der Waals surface area (Å²) in [4.78, 5) is 12.5. The maximum Gasteiger partial charge on any atom is 0.263 e. The van der Waals surface area contributed by atoms with Crippen molar-refractivity contribution in [1.82, 2.24) is 15.0 Å². The highest BCUT2D eigenvalue weighted by atomic mass is 32.1. The van der Waals surface area contributed by atoms with E-state index in [9.17, 15) is 8.78 Å². The molecule has 0 spiro atoms. The number of halogens is 2. The Hall–Kier alpha value is -4.09. The Morgan fingerprint density at radius 2 is 1.85 bits per heavy atom. The number of alkyl halides is 2. The van der Waals surface area contributed by atoms with Gasteiger partial charge in [0, 0.05) is 27.8 Å². The molecule has 0 atom stereocenters. The molecule has 2 heterocycles. The van der Waals surface area contributed by atoms with Crippen molar-refractivity contribution in [3.8, 4) is 28.7 Å². The average molecular weight is 458 g/mol. The molecule has 8 heteroatoms. The minimum atomic E-state index is -2.53. The summed E-state index contributed by atoms with van der Waals surface area (Å²) < 4.78 is 26.1. The number of fused-ring (bicyclic) bond motifs is 1. The number of nitrogens with one attached hydrogen (secondary N) is 2. The lowest BCUT2D eigenvalue weighted by Crippen LogP contribution is -1.93. The Bertz CT molecular complexity index is 1510. The highest BCUT2D eigenvalue weighted by molar-refractivity contribution is 7.14. The number of aryl methyl sites for hydroxylation is 1. The molecule has 5 nitrogen and oxygen atoms in total. The smallest absolute Gasteiger partial charge is 0.263 e. The summed E-state index contributed by atoms with van der Waals surface area (Å²) in [6, 6.07) is 19.6. The largest absolute Gasteiger partial charge is 0.338 e. The maximum absolute atomic E-state index is 13.1. The van der Waals surface area contributed by atoms with Gasteiger partial charge in [0.05, 0.1) is 28.4 Å². The summed E-state index contributed by atoms with van der Waals surface area (Å²) in [5, 5.41) is 15.1. The van der Waals surface area contributed by atoms with Crippen molar-refractivity contribution in [3.05, 3.63) is 82.7 Å².